The Morgan fingerprint density at radius 2 is 2.10 bits per heavy atom. The molecule has 0 aliphatic rings. The van der Waals surface area contributed by atoms with Crippen LogP contribution < -0.4 is 5.76 Å². The first-order valence-electron chi connectivity index (χ1n) is 6.19. The molecular weight excluding hydrogens is 356 g/mol. The van der Waals surface area contributed by atoms with E-state index in [0.29, 0.717) is 5.56 Å². The van der Waals surface area contributed by atoms with Gasteiger partial charge < -0.3 is 9.52 Å². The molecule has 3 rings (SSSR count). The summed E-state index contributed by atoms with van der Waals surface area (Å²) in [4.78, 5) is 12.6. The smallest absolute Gasteiger partial charge is 0.387 e. The molecule has 0 amide bonds. The first-order valence-corrected chi connectivity index (χ1v) is 7.86. The van der Waals surface area contributed by atoms with Crippen molar-refractivity contribution in [2.75, 3.05) is 0 Å². The van der Waals surface area contributed by atoms with E-state index in [-0.39, 0.29) is 12.4 Å². The maximum absolute atomic E-state index is 11.8. The minimum absolute atomic E-state index is 0.0509. The molecule has 0 spiro atoms. The van der Waals surface area contributed by atoms with E-state index in [9.17, 15) is 9.90 Å². The van der Waals surface area contributed by atoms with Crippen molar-refractivity contribution in [3.63, 3.8) is 0 Å². The van der Waals surface area contributed by atoms with Crippen LogP contribution in [0, 0.1) is 0 Å². The zero-order valence-corrected chi connectivity index (χ0v) is 13.2. The maximum atomic E-state index is 11.8. The van der Waals surface area contributed by atoms with Crippen molar-refractivity contribution in [1.82, 2.24) is 9.78 Å². The Hall–Kier alpha value is -1.70. The standard InChI is InChI=1S/C14H11BrN2O3S/c15-10-5-3-9(4-6-10)11(18)8-17-14(19)20-13(16-17)12-2-1-7-21-12/h1-7,11,18H,8H2. The predicted molar refractivity (Wildman–Crippen MR) is 83.2 cm³/mol. The van der Waals surface area contributed by atoms with Gasteiger partial charge in [0.2, 0.25) is 0 Å². The molecule has 108 valence electrons. The summed E-state index contributed by atoms with van der Waals surface area (Å²) < 4.78 is 7.17. The van der Waals surface area contributed by atoms with E-state index in [4.69, 9.17) is 4.42 Å². The van der Waals surface area contributed by atoms with E-state index in [1.165, 1.54) is 11.3 Å². The predicted octanol–water partition coefficient (Wildman–Crippen LogP) is 3.06. The lowest BCUT2D eigenvalue weighted by Crippen LogP contribution is -2.20. The molecule has 21 heavy (non-hydrogen) atoms. The molecule has 0 saturated carbocycles. The Morgan fingerprint density at radius 3 is 2.76 bits per heavy atom. The average molecular weight is 367 g/mol. The van der Waals surface area contributed by atoms with Gasteiger partial charge in [-0.25, -0.2) is 4.79 Å². The highest BCUT2D eigenvalue weighted by molar-refractivity contribution is 9.10. The molecule has 2 heterocycles. The number of nitrogens with zero attached hydrogens (tertiary/aromatic N) is 2. The van der Waals surface area contributed by atoms with Crippen LogP contribution in [0.4, 0.5) is 0 Å². The summed E-state index contributed by atoms with van der Waals surface area (Å²) in [7, 11) is 0. The zero-order chi connectivity index (χ0) is 14.8. The molecule has 3 aromatic rings. The summed E-state index contributed by atoms with van der Waals surface area (Å²) in [6.07, 6.45) is -0.822. The Labute approximate surface area is 132 Å². The fourth-order valence-electron chi connectivity index (χ4n) is 1.88. The molecule has 1 atom stereocenters. The second-order valence-corrected chi connectivity index (χ2v) is 6.26. The maximum Gasteiger partial charge on any atom is 0.437 e. The van der Waals surface area contributed by atoms with Gasteiger partial charge in [-0.05, 0) is 29.1 Å². The van der Waals surface area contributed by atoms with Gasteiger partial charge in [0.05, 0.1) is 17.5 Å². The number of rotatable bonds is 4. The van der Waals surface area contributed by atoms with E-state index in [1.54, 1.807) is 12.1 Å². The van der Waals surface area contributed by atoms with Gasteiger partial charge in [0.15, 0.2) is 0 Å². The van der Waals surface area contributed by atoms with E-state index in [2.05, 4.69) is 21.0 Å². The first-order chi connectivity index (χ1) is 10.1. The van der Waals surface area contributed by atoms with Crippen LogP contribution in [0.1, 0.15) is 11.7 Å². The summed E-state index contributed by atoms with van der Waals surface area (Å²) in [6.45, 7) is 0.0509. The second-order valence-electron chi connectivity index (χ2n) is 4.40. The van der Waals surface area contributed by atoms with E-state index in [0.717, 1.165) is 14.0 Å². The Morgan fingerprint density at radius 1 is 1.33 bits per heavy atom. The normalized spacial score (nSPS) is 12.5. The van der Waals surface area contributed by atoms with Gasteiger partial charge in [0.1, 0.15) is 0 Å². The van der Waals surface area contributed by atoms with Crippen molar-refractivity contribution in [3.8, 4) is 10.8 Å². The van der Waals surface area contributed by atoms with Crippen molar-refractivity contribution >= 4 is 27.3 Å². The molecule has 0 fully saturated rings. The third-order valence-corrected chi connectivity index (χ3v) is 4.33. The first kappa shape index (κ1) is 14.2. The Bertz CT molecular complexity index is 777. The lowest BCUT2D eigenvalue weighted by atomic mass is 10.1. The molecule has 0 aliphatic heterocycles. The van der Waals surface area contributed by atoms with Gasteiger partial charge in [-0.15, -0.1) is 16.4 Å². The van der Waals surface area contributed by atoms with Crippen LogP contribution in [-0.2, 0) is 6.54 Å². The molecule has 1 aromatic carbocycles. The number of hydrogen-bond donors (Lipinski definition) is 1. The lowest BCUT2D eigenvalue weighted by molar-refractivity contribution is 0.148. The number of thiophene rings is 1. The lowest BCUT2D eigenvalue weighted by Gasteiger charge is -2.09. The van der Waals surface area contributed by atoms with Crippen molar-refractivity contribution in [3.05, 3.63) is 62.4 Å². The molecular formula is C14H11BrN2O3S. The van der Waals surface area contributed by atoms with Gasteiger partial charge >= 0.3 is 5.76 Å². The number of benzene rings is 1. The fraction of sp³-hybridized carbons (Fsp3) is 0.143. The minimum atomic E-state index is -0.822. The van der Waals surface area contributed by atoms with Gasteiger partial charge in [0.25, 0.3) is 5.89 Å². The third-order valence-electron chi connectivity index (χ3n) is 2.94. The third kappa shape index (κ3) is 3.15. The highest BCUT2D eigenvalue weighted by Crippen LogP contribution is 2.22. The molecule has 0 radical (unpaired) electrons. The van der Waals surface area contributed by atoms with Gasteiger partial charge in [-0.3, -0.25) is 0 Å². The highest BCUT2D eigenvalue weighted by atomic mass is 79.9. The molecule has 0 aliphatic carbocycles. The largest absolute Gasteiger partial charge is 0.437 e. The Kier molecular flexibility index (Phi) is 4.05. The summed E-state index contributed by atoms with van der Waals surface area (Å²) >= 11 is 4.77. The van der Waals surface area contributed by atoms with E-state index in [1.807, 2.05) is 29.6 Å². The van der Waals surface area contributed by atoms with Crippen LogP contribution in [0.15, 0.2) is 55.5 Å². The molecule has 0 bridgehead atoms. The quantitative estimate of drug-likeness (QED) is 0.770. The number of hydrogen-bond acceptors (Lipinski definition) is 5. The highest BCUT2D eigenvalue weighted by Gasteiger charge is 2.15. The van der Waals surface area contributed by atoms with Gasteiger partial charge in [-0.1, -0.05) is 34.1 Å². The topological polar surface area (TPSA) is 68.3 Å². The number of aliphatic hydroxyl groups is 1. The van der Waals surface area contributed by atoms with Crippen LogP contribution >= 0.6 is 27.3 Å². The van der Waals surface area contributed by atoms with Crippen molar-refractivity contribution in [1.29, 1.82) is 0 Å². The van der Waals surface area contributed by atoms with Crippen molar-refractivity contribution in [2.24, 2.45) is 0 Å². The van der Waals surface area contributed by atoms with Crippen LogP contribution in [0.5, 0.6) is 0 Å². The average Bonchev–Trinajstić information content (AvgIpc) is 3.10. The fourth-order valence-corrected chi connectivity index (χ4v) is 2.78. The summed E-state index contributed by atoms with van der Waals surface area (Å²) in [6, 6.07) is 10.9. The summed E-state index contributed by atoms with van der Waals surface area (Å²) in [5.41, 5.74) is 0.714. The van der Waals surface area contributed by atoms with Crippen LogP contribution in [0.2, 0.25) is 0 Å². The van der Waals surface area contributed by atoms with Crippen LogP contribution in [-0.4, -0.2) is 14.9 Å². The molecule has 5 nitrogen and oxygen atoms in total. The minimum Gasteiger partial charge on any atom is -0.387 e. The molecule has 0 saturated heterocycles. The van der Waals surface area contributed by atoms with Crippen LogP contribution in [0.25, 0.3) is 10.8 Å². The molecule has 1 unspecified atom stereocenters. The number of halogens is 1. The van der Waals surface area contributed by atoms with Crippen molar-refractivity contribution in [2.45, 2.75) is 12.6 Å². The van der Waals surface area contributed by atoms with Crippen molar-refractivity contribution < 1.29 is 9.52 Å². The van der Waals surface area contributed by atoms with Crippen LogP contribution in [0.3, 0.4) is 0 Å². The monoisotopic (exact) mass is 366 g/mol. The van der Waals surface area contributed by atoms with Gasteiger partial charge in [-0.2, -0.15) is 4.68 Å². The SMILES string of the molecule is O=c1oc(-c2cccs2)nn1CC(O)c1ccc(Br)cc1. The number of aromatic nitrogens is 2. The number of aliphatic hydroxyl groups excluding tert-OH is 1. The zero-order valence-electron chi connectivity index (χ0n) is 10.8. The Balaban J connectivity index is 1.82. The van der Waals surface area contributed by atoms with E-state index < -0.39 is 11.9 Å². The molecule has 7 heteroatoms. The molecule has 1 N–H and O–H groups in total. The summed E-state index contributed by atoms with van der Waals surface area (Å²) in [5, 5.41) is 16.2. The summed E-state index contributed by atoms with van der Waals surface area (Å²) in [5.74, 6) is -0.299. The van der Waals surface area contributed by atoms with E-state index >= 15 is 0 Å². The van der Waals surface area contributed by atoms with Gasteiger partial charge in [0, 0.05) is 4.47 Å². The second kappa shape index (κ2) is 5.97. The molecule has 2 aromatic heterocycles.